The van der Waals surface area contributed by atoms with Gasteiger partial charge in [0.1, 0.15) is 6.07 Å². The molecule has 5 heteroatoms. The Morgan fingerprint density at radius 1 is 1.22 bits per heavy atom. The van der Waals surface area contributed by atoms with Crippen LogP contribution in [-0.4, -0.2) is 16.3 Å². The van der Waals surface area contributed by atoms with Crippen LogP contribution in [0.25, 0.3) is 22.7 Å². The van der Waals surface area contributed by atoms with Gasteiger partial charge in [-0.1, -0.05) is 18.2 Å². The standard InChI is InChI=1S/C18H13N3O2/c1-21-15-5-3-2-4-14(15)20-18(21)13(10-19)8-12-6-7-16-17(9-12)23-11-22-16/h2-9H,11H2,1H3/b13-8-. The van der Waals surface area contributed by atoms with Crippen molar-refractivity contribution in [2.75, 3.05) is 6.79 Å². The van der Waals surface area contributed by atoms with Crippen molar-refractivity contribution >= 4 is 22.7 Å². The largest absolute Gasteiger partial charge is 0.454 e. The van der Waals surface area contributed by atoms with E-state index in [1.807, 2.05) is 60.2 Å². The Balaban J connectivity index is 1.81. The summed E-state index contributed by atoms with van der Waals surface area (Å²) in [6.45, 7) is 0.234. The summed E-state index contributed by atoms with van der Waals surface area (Å²) in [4.78, 5) is 4.57. The zero-order chi connectivity index (χ0) is 15.8. The molecule has 23 heavy (non-hydrogen) atoms. The fraction of sp³-hybridized carbons (Fsp3) is 0.111. The second kappa shape index (κ2) is 5.18. The number of allylic oxidation sites excluding steroid dienone is 1. The molecule has 1 aliphatic rings. The molecule has 0 saturated carbocycles. The molecule has 0 aliphatic carbocycles. The van der Waals surface area contributed by atoms with Gasteiger partial charge < -0.3 is 14.0 Å². The normalized spacial score (nSPS) is 13.3. The maximum absolute atomic E-state index is 9.56. The highest BCUT2D eigenvalue weighted by atomic mass is 16.7. The van der Waals surface area contributed by atoms with Gasteiger partial charge in [0.2, 0.25) is 6.79 Å². The maximum atomic E-state index is 9.56. The number of hydrogen-bond acceptors (Lipinski definition) is 4. The van der Waals surface area contributed by atoms with E-state index in [1.54, 1.807) is 0 Å². The van der Waals surface area contributed by atoms with Crippen molar-refractivity contribution in [3.05, 3.63) is 53.9 Å². The molecule has 0 saturated heterocycles. The van der Waals surface area contributed by atoms with Crippen molar-refractivity contribution in [2.24, 2.45) is 7.05 Å². The fourth-order valence-electron chi connectivity index (χ4n) is 2.70. The minimum atomic E-state index is 0.234. The van der Waals surface area contributed by atoms with E-state index >= 15 is 0 Å². The Morgan fingerprint density at radius 2 is 2.04 bits per heavy atom. The van der Waals surface area contributed by atoms with Gasteiger partial charge in [0, 0.05) is 7.05 Å². The Kier molecular flexibility index (Phi) is 3.02. The van der Waals surface area contributed by atoms with Crippen LogP contribution < -0.4 is 9.47 Å². The lowest BCUT2D eigenvalue weighted by Crippen LogP contribution is -1.96. The average Bonchev–Trinajstić information content (AvgIpc) is 3.17. The molecule has 0 bridgehead atoms. The predicted octanol–water partition coefficient (Wildman–Crippen LogP) is 3.37. The summed E-state index contributed by atoms with van der Waals surface area (Å²) >= 11 is 0. The van der Waals surface area contributed by atoms with E-state index in [0.29, 0.717) is 17.1 Å². The Morgan fingerprint density at radius 3 is 2.87 bits per heavy atom. The number of hydrogen-bond donors (Lipinski definition) is 0. The molecule has 0 N–H and O–H groups in total. The van der Waals surface area contributed by atoms with E-state index in [4.69, 9.17) is 9.47 Å². The zero-order valence-corrected chi connectivity index (χ0v) is 12.5. The Hall–Kier alpha value is -3.26. The molecule has 1 aliphatic heterocycles. The van der Waals surface area contributed by atoms with E-state index in [1.165, 1.54) is 0 Å². The molecule has 0 spiro atoms. The van der Waals surface area contributed by atoms with E-state index in [-0.39, 0.29) is 6.79 Å². The first-order valence-corrected chi connectivity index (χ1v) is 7.19. The number of fused-ring (bicyclic) bond motifs is 2. The number of aromatic nitrogens is 2. The van der Waals surface area contributed by atoms with Crippen molar-refractivity contribution in [1.29, 1.82) is 5.26 Å². The molecule has 0 unspecified atom stereocenters. The van der Waals surface area contributed by atoms with Crippen molar-refractivity contribution in [3.63, 3.8) is 0 Å². The van der Waals surface area contributed by atoms with Gasteiger partial charge >= 0.3 is 0 Å². The van der Waals surface area contributed by atoms with E-state index < -0.39 is 0 Å². The molecule has 3 aromatic rings. The topological polar surface area (TPSA) is 60.1 Å². The number of aryl methyl sites for hydroxylation is 1. The summed E-state index contributed by atoms with van der Waals surface area (Å²) < 4.78 is 12.6. The SMILES string of the molecule is Cn1c(/C(C#N)=C\c2ccc3c(c2)OCO3)nc2ccccc21. The fourth-order valence-corrected chi connectivity index (χ4v) is 2.70. The number of benzene rings is 2. The Bertz CT molecular complexity index is 980. The highest BCUT2D eigenvalue weighted by Crippen LogP contribution is 2.33. The molecule has 4 rings (SSSR count). The van der Waals surface area contributed by atoms with E-state index in [0.717, 1.165) is 22.3 Å². The second-order valence-electron chi connectivity index (χ2n) is 5.27. The minimum Gasteiger partial charge on any atom is -0.454 e. The third kappa shape index (κ3) is 2.21. The molecule has 0 fully saturated rings. The summed E-state index contributed by atoms with van der Waals surface area (Å²) in [6.07, 6.45) is 1.81. The molecule has 5 nitrogen and oxygen atoms in total. The van der Waals surface area contributed by atoms with Gasteiger partial charge in [-0.15, -0.1) is 0 Å². The first kappa shape index (κ1) is 13.4. The van der Waals surface area contributed by atoms with Crippen LogP contribution in [0.2, 0.25) is 0 Å². The van der Waals surface area contributed by atoms with Crippen LogP contribution >= 0.6 is 0 Å². The lowest BCUT2D eigenvalue weighted by molar-refractivity contribution is 0.174. The van der Waals surface area contributed by atoms with Crippen molar-refractivity contribution in [1.82, 2.24) is 9.55 Å². The van der Waals surface area contributed by atoms with Crippen LogP contribution in [0.5, 0.6) is 11.5 Å². The highest BCUT2D eigenvalue weighted by Gasteiger charge is 2.15. The smallest absolute Gasteiger partial charge is 0.231 e. The van der Waals surface area contributed by atoms with E-state index in [9.17, 15) is 5.26 Å². The quantitative estimate of drug-likeness (QED) is 0.681. The van der Waals surface area contributed by atoms with Crippen LogP contribution in [0, 0.1) is 11.3 Å². The number of ether oxygens (including phenoxy) is 2. The van der Waals surface area contributed by atoms with Gasteiger partial charge in [0.15, 0.2) is 17.3 Å². The lowest BCUT2D eigenvalue weighted by Gasteiger charge is -2.02. The van der Waals surface area contributed by atoms with Crippen molar-refractivity contribution in [3.8, 4) is 17.6 Å². The van der Waals surface area contributed by atoms with Crippen LogP contribution in [0.4, 0.5) is 0 Å². The summed E-state index contributed by atoms with van der Waals surface area (Å²) in [7, 11) is 1.91. The summed E-state index contributed by atoms with van der Waals surface area (Å²) in [6, 6.07) is 15.7. The van der Waals surface area contributed by atoms with Crippen molar-refractivity contribution in [2.45, 2.75) is 0 Å². The Labute approximate surface area is 133 Å². The summed E-state index contributed by atoms with van der Waals surface area (Å²) in [5.74, 6) is 2.07. The monoisotopic (exact) mass is 303 g/mol. The van der Waals surface area contributed by atoms with Crippen LogP contribution in [0.1, 0.15) is 11.4 Å². The highest BCUT2D eigenvalue weighted by molar-refractivity contribution is 5.91. The van der Waals surface area contributed by atoms with Gasteiger partial charge in [-0.25, -0.2) is 4.98 Å². The average molecular weight is 303 g/mol. The first-order valence-electron chi connectivity index (χ1n) is 7.19. The van der Waals surface area contributed by atoms with Gasteiger partial charge in [-0.05, 0) is 35.9 Å². The van der Waals surface area contributed by atoms with Crippen LogP contribution in [-0.2, 0) is 7.05 Å². The summed E-state index contributed by atoms with van der Waals surface area (Å²) in [5, 5.41) is 9.56. The first-order chi connectivity index (χ1) is 11.3. The number of imidazole rings is 1. The molecular weight excluding hydrogens is 290 g/mol. The third-order valence-corrected chi connectivity index (χ3v) is 3.86. The number of rotatable bonds is 2. The molecule has 112 valence electrons. The third-order valence-electron chi connectivity index (χ3n) is 3.86. The molecular formula is C18H13N3O2. The number of nitriles is 1. The molecule has 0 amide bonds. The van der Waals surface area contributed by atoms with Gasteiger partial charge in [-0.3, -0.25) is 0 Å². The molecule has 1 aromatic heterocycles. The van der Waals surface area contributed by atoms with Crippen molar-refractivity contribution < 1.29 is 9.47 Å². The predicted molar refractivity (Wildman–Crippen MR) is 86.8 cm³/mol. The minimum absolute atomic E-state index is 0.234. The number of para-hydroxylation sites is 2. The molecule has 0 radical (unpaired) electrons. The number of nitrogens with zero attached hydrogens (tertiary/aromatic N) is 3. The van der Waals surface area contributed by atoms with Gasteiger partial charge in [0.25, 0.3) is 0 Å². The summed E-state index contributed by atoms with van der Waals surface area (Å²) in [5.41, 5.74) is 3.24. The zero-order valence-electron chi connectivity index (χ0n) is 12.5. The second-order valence-corrected chi connectivity index (χ2v) is 5.27. The molecule has 2 heterocycles. The van der Waals surface area contributed by atoms with Gasteiger partial charge in [-0.2, -0.15) is 5.26 Å². The molecule has 0 atom stereocenters. The maximum Gasteiger partial charge on any atom is 0.231 e. The molecule has 2 aromatic carbocycles. The van der Waals surface area contributed by atoms with Crippen LogP contribution in [0.15, 0.2) is 42.5 Å². The van der Waals surface area contributed by atoms with E-state index in [2.05, 4.69) is 11.1 Å². The van der Waals surface area contributed by atoms with Crippen LogP contribution in [0.3, 0.4) is 0 Å². The lowest BCUT2D eigenvalue weighted by atomic mass is 10.1. The van der Waals surface area contributed by atoms with Gasteiger partial charge in [0.05, 0.1) is 16.6 Å².